The van der Waals surface area contributed by atoms with Crippen molar-refractivity contribution < 1.29 is 19.4 Å². The average molecular weight is 261 g/mol. The van der Waals surface area contributed by atoms with Gasteiger partial charge in [-0.3, -0.25) is 9.69 Å². The topological polar surface area (TPSA) is 66.8 Å². The Bertz CT molecular complexity index is 552. The minimum Gasteiger partial charge on any atom is -0.467 e. The molecule has 0 aromatic heterocycles. The van der Waals surface area contributed by atoms with E-state index < -0.39 is 24.1 Å². The number of methoxy groups -OCH3 is 1. The molecule has 1 unspecified atom stereocenters. The number of hydrogen-bond acceptors (Lipinski definition) is 4. The molecule has 1 N–H and O–H groups in total. The van der Waals surface area contributed by atoms with E-state index in [4.69, 9.17) is 0 Å². The van der Waals surface area contributed by atoms with Crippen molar-refractivity contribution in [2.24, 2.45) is 0 Å². The van der Waals surface area contributed by atoms with Crippen molar-refractivity contribution in [2.75, 3.05) is 7.11 Å². The first-order valence-corrected chi connectivity index (χ1v) is 5.82. The number of fused-ring (bicyclic) bond motifs is 1. The lowest BCUT2D eigenvalue weighted by molar-refractivity contribution is -0.147. The Balaban J connectivity index is 2.45. The van der Waals surface area contributed by atoms with Gasteiger partial charge >= 0.3 is 5.97 Å². The lowest BCUT2D eigenvalue weighted by atomic mass is 10.1. The van der Waals surface area contributed by atoms with Gasteiger partial charge in [0.2, 0.25) is 0 Å². The summed E-state index contributed by atoms with van der Waals surface area (Å²) in [6.45, 7) is 5.31. The molecule has 0 fully saturated rings. The fourth-order valence-electron chi connectivity index (χ4n) is 2.24. The molecule has 5 heteroatoms. The summed E-state index contributed by atoms with van der Waals surface area (Å²) in [5.41, 5.74) is 1.32. The summed E-state index contributed by atoms with van der Waals surface area (Å²) in [5, 5.41) is 10.2. The first kappa shape index (κ1) is 13.3. The lowest BCUT2D eigenvalue weighted by Gasteiger charge is -2.29. The Morgan fingerprint density at radius 3 is 2.63 bits per heavy atom. The molecule has 0 saturated heterocycles. The van der Waals surface area contributed by atoms with Crippen molar-refractivity contribution in [3.05, 3.63) is 47.5 Å². The highest BCUT2D eigenvalue weighted by Crippen LogP contribution is 2.34. The molecule has 1 aromatic carbocycles. The van der Waals surface area contributed by atoms with Crippen molar-refractivity contribution in [3.63, 3.8) is 0 Å². The second-order valence-corrected chi connectivity index (χ2v) is 4.45. The van der Waals surface area contributed by atoms with Gasteiger partial charge in [-0.15, -0.1) is 0 Å². The van der Waals surface area contributed by atoms with Crippen LogP contribution in [0.5, 0.6) is 0 Å². The van der Waals surface area contributed by atoms with Crippen LogP contribution in [-0.4, -0.2) is 35.0 Å². The third-order valence-electron chi connectivity index (χ3n) is 3.14. The highest BCUT2D eigenvalue weighted by atomic mass is 16.5. The quantitative estimate of drug-likeness (QED) is 0.657. The minimum atomic E-state index is -1.16. The molecule has 0 radical (unpaired) electrons. The molecule has 0 spiro atoms. The fraction of sp³-hybridized carbons (Fsp3) is 0.286. The number of carbonyl (C=O) groups is 2. The van der Waals surface area contributed by atoms with Gasteiger partial charge in [0, 0.05) is 11.1 Å². The molecule has 2 rings (SSSR count). The maximum absolute atomic E-state index is 12.3. The summed E-state index contributed by atoms with van der Waals surface area (Å²) in [4.78, 5) is 25.2. The van der Waals surface area contributed by atoms with E-state index >= 15 is 0 Å². The van der Waals surface area contributed by atoms with Crippen molar-refractivity contribution in [1.29, 1.82) is 0 Å². The smallest absolute Gasteiger partial charge is 0.333 e. The van der Waals surface area contributed by atoms with Gasteiger partial charge < -0.3 is 9.84 Å². The Labute approximate surface area is 111 Å². The van der Waals surface area contributed by atoms with E-state index in [-0.39, 0.29) is 0 Å². The van der Waals surface area contributed by atoms with Gasteiger partial charge in [0.05, 0.1) is 7.11 Å². The second kappa shape index (κ2) is 4.85. The summed E-state index contributed by atoms with van der Waals surface area (Å²) >= 11 is 0. The Morgan fingerprint density at radius 2 is 2.11 bits per heavy atom. The van der Waals surface area contributed by atoms with Gasteiger partial charge in [0.15, 0.2) is 12.3 Å². The number of amides is 1. The van der Waals surface area contributed by atoms with Gasteiger partial charge in [-0.1, -0.05) is 24.8 Å². The number of carbonyl (C=O) groups excluding carboxylic acids is 2. The van der Waals surface area contributed by atoms with Crippen LogP contribution in [0.2, 0.25) is 0 Å². The van der Waals surface area contributed by atoms with Crippen LogP contribution in [0, 0.1) is 0 Å². The summed E-state index contributed by atoms with van der Waals surface area (Å²) in [5.74, 6) is -1.02. The number of rotatable bonds is 3. The van der Waals surface area contributed by atoms with Crippen molar-refractivity contribution >= 4 is 11.9 Å². The number of nitrogens with zero attached hydrogens (tertiary/aromatic N) is 1. The van der Waals surface area contributed by atoms with E-state index in [9.17, 15) is 14.7 Å². The van der Waals surface area contributed by atoms with Gasteiger partial charge in [-0.2, -0.15) is 0 Å². The number of ether oxygens (including phenoxy) is 1. The van der Waals surface area contributed by atoms with Gasteiger partial charge in [0.25, 0.3) is 5.91 Å². The number of aliphatic hydroxyl groups excluding tert-OH is 1. The Hall–Kier alpha value is -2.14. The molecule has 1 amide bonds. The van der Waals surface area contributed by atoms with E-state index in [1.807, 2.05) is 0 Å². The molecular formula is C14H15NO4. The molecule has 1 aromatic rings. The zero-order chi connectivity index (χ0) is 14.2. The van der Waals surface area contributed by atoms with Gasteiger partial charge in [0.1, 0.15) is 0 Å². The van der Waals surface area contributed by atoms with Crippen LogP contribution >= 0.6 is 0 Å². The molecular weight excluding hydrogens is 246 g/mol. The van der Waals surface area contributed by atoms with Crippen LogP contribution in [0.25, 0.3) is 0 Å². The normalized spacial score (nSPS) is 19.0. The van der Waals surface area contributed by atoms with Crippen molar-refractivity contribution in [1.82, 2.24) is 4.90 Å². The monoisotopic (exact) mass is 261 g/mol. The van der Waals surface area contributed by atoms with E-state index in [1.165, 1.54) is 7.11 Å². The molecule has 1 heterocycles. The van der Waals surface area contributed by atoms with Crippen molar-refractivity contribution in [2.45, 2.75) is 19.2 Å². The van der Waals surface area contributed by atoms with E-state index in [0.29, 0.717) is 16.7 Å². The minimum absolute atomic E-state index is 0.394. The zero-order valence-electron chi connectivity index (χ0n) is 10.8. The Morgan fingerprint density at radius 1 is 1.47 bits per heavy atom. The maximum Gasteiger partial charge on any atom is 0.333 e. The predicted molar refractivity (Wildman–Crippen MR) is 68.2 cm³/mol. The number of hydrogen-bond donors (Lipinski definition) is 1. The fourth-order valence-corrected chi connectivity index (χ4v) is 2.24. The van der Waals surface area contributed by atoms with Crippen molar-refractivity contribution in [3.8, 4) is 0 Å². The summed E-state index contributed by atoms with van der Waals surface area (Å²) in [6, 6.07) is 5.73. The van der Waals surface area contributed by atoms with E-state index in [2.05, 4.69) is 11.3 Å². The lowest BCUT2D eigenvalue weighted by Crippen LogP contribution is -2.44. The van der Waals surface area contributed by atoms with E-state index in [1.54, 1.807) is 31.2 Å². The first-order valence-electron chi connectivity index (χ1n) is 5.82. The van der Waals surface area contributed by atoms with Crippen LogP contribution in [0.4, 0.5) is 0 Å². The summed E-state index contributed by atoms with van der Waals surface area (Å²) < 4.78 is 4.68. The molecule has 1 aliphatic rings. The highest BCUT2D eigenvalue weighted by molar-refractivity contribution is 6.01. The standard InChI is InChI=1S/C14H15NO4/c1-8(2)11(14(18)19-3)15-12(16)9-6-4-5-7-10(9)13(15)17/h4-7,11-12,16H,1H2,2-3H3/t11-,12?/m0/s1. The van der Waals surface area contributed by atoms with Crippen LogP contribution in [-0.2, 0) is 9.53 Å². The Kier molecular flexibility index (Phi) is 3.40. The molecule has 0 bridgehead atoms. The summed E-state index contributed by atoms with van der Waals surface area (Å²) in [7, 11) is 1.23. The van der Waals surface area contributed by atoms with Crippen LogP contribution in [0.1, 0.15) is 29.1 Å². The van der Waals surface area contributed by atoms with Crippen LogP contribution in [0.3, 0.4) is 0 Å². The highest BCUT2D eigenvalue weighted by Gasteiger charge is 2.43. The maximum atomic E-state index is 12.3. The average Bonchev–Trinajstić information content (AvgIpc) is 2.64. The molecule has 2 atom stereocenters. The SMILES string of the molecule is C=C(C)[C@@H](C(=O)OC)N1C(=O)c2ccccc2C1O. The van der Waals surface area contributed by atoms with Crippen LogP contribution < -0.4 is 0 Å². The number of benzene rings is 1. The van der Waals surface area contributed by atoms with Gasteiger partial charge in [-0.25, -0.2) is 4.79 Å². The van der Waals surface area contributed by atoms with Gasteiger partial charge in [-0.05, 0) is 18.6 Å². The predicted octanol–water partition coefficient (Wildman–Crippen LogP) is 1.25. The third kappa shape index (κ3) is 2.02. The number of aliphatic hydroxyl groups is 1. The molecule has 19 heavy (non-hydrogen) atoms. The largest absolute Gasteiger partial charge is 0.467 e. The molecule has 0 saturated carbocycles. The zero-order valence-corrected chi connectivity index (χ0v) is 10.8. The number of esters is 1. The molecule has 5 nitrogen and oxygen atoms in total. The third-order valence-corrected chi connectivity index (χ3v) is 3.14. The molecule has 0 aliphatic carbocycles. The van der Waals surface area contributed by atoms with Crippen LogP contribution in [0.15, 0.2) is 36.4 Å². The molecule has 1 aliphatic heterocycles. The summed E-state index contributed by atoms with van der Waals surface area (Å²) in [6.07, 6.45) is -1.16. The van der Waals surface area contributed by atoms with E-state index in [0.717, 1.165) is 4.90 Å². The first-order chi connectivity index (χ1) is 8.99. The second-order valence-electron chi connectivity index (χ2n) is 4.45. The molecule has 100 valence electrons.